The Balaban J connectivity index is 2.40. The zero-order valence-electron chi connectivity index (χ0n) is 14.8. The van der Waals surface area contributed by atoms with Crippen LogP contribution < -0.4 is 11.1 Å². The van der Waals surface area contributed by atoms with E-state index >= 15 is 0 Å². The number of nitrogens with two attached hydrogens (primary N) is 1. The number of rotatable bonds is 8. The molecular formula is C18H16F6N4S. The summed E-state index contributed by atoms with van der Waals surface area (Å²) >= 11 is 0.130. The van der Waals surface area contributed by atoms with E-state index in [1.807, 2.05) is 0 Å². The number of aliphatic imine (C=N–C) groups is 1. The van der Waals surface area contributed by atoms with Crippen LogP contribution in [0.15, 0.2) is 47.6 Å². The Morgan fingerprint density at radius 2 is 1.93 bits per heavy atom. The third-order valence-corrected chi connectivity index (χ3v) is 4.03. The lowest BCUT2D eigenvalue weighted by atomic mass is 10.0. The molecule has 29 heavy (non-hydrogen) atoms. The number of benzene rings is 1. The van der Waals surface area contributed by atoms with Crippen molar-refractivity contribution in [1.29, 1.82) is 0 Å². The first kappa shape index (κ1) is 22.6. The van der Waals surface area contributed by atoms with Gasteiger partial charge in [0.2, 0.25) is 0 Å². The summed E-state index contributed by atoms with van der Waals surface area (Å²) in [5.41, 5.74) is 6.71. The highest BCUT2D eigenvalue weighted by Crippen LogP contribution is 2.31. The number of nitrogens with one attached hydrogen (secondary N) is 1. The Bertz CT molecular complexity index is 866. The van der Waals surface area contributed by atoms with Crippen molar-refractivity contribution in [1.82, 2.24) is 4.98 Å². The first-order valence-electron chi connectivity index (χ1n) is 8.15. The average Bonchev–Trinajstić information content (AvgIpc) is 2.67. The van der Waals surface area contributed by atoms with Gasteiger partial charge in [0.15, 0.2) is 0 Å². The molecule has 11 heteroatoms. The molecule has 4 nitrogen and oxygen atoms in total. The second-order valence-electron chi connectivity index (χ2n) is 5.63. The molecule has 156 valence electrons. The second-order valence-corrected chi connectivity index (χ2v) is 6.25. The van der Waals surface area contributed by atoms with E-state index in [2.05, 4.69) is 15.3 Å². The SMILES string of the molecule is N/C(=C\C=N\C(F)F)c1cc(-c2ccc(C(F)(F)F)cc2)ncc1NCCSF. The Hall–Kier alpha value is -2.69. The number of anilines is 1. The second kappa shape index (κ2) is 10.2. The molecule has 1 aromatic heterocycles. The van der Waals surface area contributed by atoms with E-state index < -0.39 is 18.3 Å². The van der Waals surface area contributed by atoms with Crippen molar-refractivity contribution in [3.8, 4) is 11.3 Å². The molecule has 0 aliphatic heterocycles. The molecule has 0 saturated carbocycles. The number of pyridine rings is 1. The maximum atomic E-state index is 12.7. The lowest BCUT2D eigenvalue weighted by Gasteiger charge is -2.13. The van der Waals surface area contributed by atoms with Crippen molar-refractivity contribution in [2.24, 2.45) is 10.7 Å². The summed E-state index contributed by atoms with van der Waals surface area (Å²) in [6.45, 7) is -2.65. The van der Waals surface area contributed by atoms with Gasteiger partial charge in [0.05, 0.1) is 23.1 Å². The van der Waals surface area contributed by atoms with Gasteiger partial charge in [0.1, 0.15) is 0 Å². The van der Waals surface area contributed by atoms with Crippen LogP contribution in [0.25, 0.3) is 17.0 Å². The Labute approximate surface area is 167 Å². The standard InChI is InChI=1S/C18H16F6N4S/c19-17(20)27-6-5-14(25)13-9-15(28-10-16(13)26-7-8-29-24)11-1-3-12(4-2-11)18(21,22)23/h1-6,9-10,17,26H,7-8,25H2/b14-5-,27-6+. The Kier molecular flexibility index (Phi) is 7.94. The summed E-state index contributed by atoms with van der Waals surface area (Å²) in [7, 11) is 0. The topological polar surface area (TPSA) is 63.3 Å². The Morgan fingerprint density at radius 1 is 1.24 bits per heavy atom. The molecule has 1 heterocycles. The Morgan fingerprint density at radius 3 is 2.52 bits per heavy atom. The van der Waals surface area contributed by atoms with Crippen molar-refractivity contribution in [2.75, 3.05) is 17.6 Å². The van der Waals surface area contributed by atoms with Crippen LogP contribution in [0.2, 0.25) is 0 Å². The maximum absolute atomic E-state index is 12.7. The zero-order valence-corrected chi connectivity index (χ0v) is 15.6. The molecule has 0 atom stereocenters. The lowest BCUT2D eigenvalue weighted by Crippen LogP contribution is -2.09. The van der Waals surface area contributed by atoms with Crippen molar-refractivity contribution >= 4 is 29.7 Å². The van der Waals surface area contributed by atoms with Gasteiger partial charge in [-0.25, -0.2) is 4.99 Å². The highest BCUT2D eigenvalue weighted by Gasteiger charge is 2.30. The van der Waals surface area contributed by atoms with Crippen LogP contribution in [0.3, 0.4) is 0 Å². The molecule has 0 amide bonds. The molecule has 2 aromatic rings. The molecular weight excluding hydrogens is 418 g/mol. The molecule has 3 N–H and O–H groups in total. The fraction of sp³-hybridized carbons (Fsp3) is 0.222. The molecule has 0 radical (unpaired) electrons. The van der Waals surface area contributed by atoms with Gasteiger partial charge in [-0.3, -0.25) is 4.98 Å². The normalized spacial score (nSPS) is 12.7. The summed E-state index contributed by atoms with van der Waals surface area (Å²) < 4.78 is 74.8. The first-order valence-corrected chi connectivity index (χ1v) is 9.03. The fourth-order valence-electron chi connectivity index (χ4n) is 2.33. The van der Waals surface area contributed by atoms with Crippen LogP contribution in [0.5, 0.6) is 0 Å². The number of allylic oxidation sites excluding steroid dienone is 1. The summed E-state index contributed by atoms with van der Waals surface area (Å²) in [6, 6.07) is 5.88. The zero-order chi connectivity index (χ0) is 21.4. The van der Waals surface area contributed by atoms with E-state index in [-0.39, 0.29) is 30.1 Å². The smallest absolute Gasteiger partial charge is 0.398 e. The van der Waals surface area contributed by atoms with E-state index in [1.54, 1.807) is 0 Å². The average molecular weight is 434 g/mol. The summed E-state index contributed by atoms with van der Waals surface area (Å²) in [6.07, 6.45) is -1.07. The maximum Gasteiger partial charge on any atom is 0.416 e. The van der Waals surface area contributed by atoms with E-state index in [4.69, 9.17) is 5.73 Å². The van der Waals surface area contributed by atoms with Crippen LogP contribution in [0.1, 0.15) is 11.1 Å². The highest BCUT2D eigenvalue weighted by atomic mass is 32.2. The lowest BCUT2D eigenvalue weighted by molar-refractivity contribution is -0.137. The van der Waals surface area contributed by atoms with Gasteiger partial charge < -0.3 is 11.1 Å². The van der Waals surface area contributed by atoms with Gasteiger partial charge >= 0.3 is 12.7 Å². The van der Waals surface area contributed by atoms with E-state index in [1.165, 1.54) is 24.4 Å². The van der Waals surface area contributed by atoms with Crippen molar-refractivity contribution < 1.29 is 25.8 Å². The van der Waals surface area contributed by atoms with Gasteiger partial charge in [-0.1, -0.05) is 12.1 Å². The minimum atomic E-state index is -4.46. The van der Waals surface area contributed by atoms with Gasteiger partial charge in [-0.2, -0.15) is 25.8 Å². The predicted octanol–water partition coefficient (Wildman–Crippen LogP) is 5.39. The molecule has 0 bridgehead atoms. The van der Waals surface area contributed by atoms with Crippen LogP contribution >= 0.6 is 12.1 Å². The van der Waals surface area contributed by atoms with Crippen LogP contribution in [-0.2, 0) is 6.18 Å². The molecule has 0 unspecified atom stereocenters. The number of hydrogen-bond acceptors (Lipinski definition) is 5. The van der Waals surface area contributed by atoms with Crippen molar-refractivity contribution in [3.63, 3.8) is 0 Å². The van der Waals surface area contributed by atoms with Gasteiger partial charge in [-0.15, -0.1) is 0 Å². The van der Waals surface area contributed by atoms with Gasteiger partial charge in [-0.05, 0) is 24.3 Å². The first-order chi connectivity index (χ1) is 13.7. The number of halogens is 6. The van der Waals surface area contributed by atoms with Crippen LogP contribution in [-0.4, -0.2) is 30.0 Å². The van der Waals surface area contributed by atoms with Crippen LogP contribution in [0, 0.1) is 0 Å². The minimum Gasteiger partial charge on any atom is -0.398 e. The van der Waals surface area contributed by atoms with E-state index in [0.717, 1.165) is 24.4 Å². The quantitative estimate of drug-likeness (QED) is 0.253. The molecule has 2 rings (SSSR count). The molecule has 1 aromatic carbocycles. The number of hydrogen-bond donors (Lipinski definition) is 2. The molecule has 0 aliphatic rings. The van der Waals surface area contributed by atoms with Crippen molar-refractivity contribution in [2.45, 2.75) is 12.7 Å². The highest BCUT2D eigenvalue weighted by molar-refractivity contribution is 7.94. The molecule has 0 aliphatic carbocycles. The molecule has 0 spiro atoms. The van der Waals surface area contributed by atoms with E-state index in [0.29, 0.717) is 22.5 Å². The largest absolute Gasteiger partial charge is 0.416 e. The number of alkyl halides is 5. The van der Waals surface area contributed by atoms with E-state index in [9.17, 15) is 25.8 Å². The predicted molar refractivity (Wildman–Crippen MR) is 103 cm³/mol. The summed E-state index contributed by atoms with van der Waals surface area (Å²) in [5.74, 6) is 0.149. The fourth-order valence-corrected chi connectivity index (χ4v) is 2.50. The monoisotopic (exact) mass is 434 g/mol. The molecule has 0 saturated heterocycles. The number of nitrogens with zero attached hydrogens (tertiary/aromatic N) is 2. The minimum absolute atomic E-state index is 0.0698. The van der Waals surface area contributed by atoms with Crippen LogP contribution in [0.4, 0.5) is 31.5 Å². The molecule has 0 fully saturated rings. The third kappa shape index (κ3) is 6.70. The third-order valence-electron chi connectivity index (χ3n) is 3.67. The number of aromatic nitrogens is 1. The summed E-state index contributed by atoms with van der Waals surface area (Å²) in [5, 5.41) is 2.92. The van der Waals surface area contributed by atoms with Gasteiger partial charge in [0, 0.05) is 47.5 Å². The van der Waals surface area contributed by atoms with Crippen molar-refractivity contribution in [3.05, 3.63) is 53.7 Å². The summed E-state index contributed by atoms with van der Waals surface area (Å²) in [4.78, 5) is 7.09. The van der Waals surface area contributed by atoms with Gasteiger partial charge in [0.25, 0.3) is 0 Å².